The molecule has 1 saturated heterocycles. The predicted molar refractivity (Wildman–Crippen MR) is 71.0 cm³/mol. The third-order valence-electron chi connectivity index (χ3n) is 3.16. The van der Waals surface area contributed by atoms with Crippen LogP contribution in [0.3, 0.4) is 0 Å². The third kappa shape index (κ3) is 3.46. The molecule has 2 heterocycles. The molecule has 0 aliphatic carbocycles. The molecule has 11 heteroatoms. The Morgan fingerprint density at radius 3 is 2.52 bits per heavy atom. The molecule has 1 aromatic heterocycles. The molecule has 23 heavy (non-hydrogen) atoms. The van der Waals surface area contributed by atoms with E-state index in [9.17, 15) is 24.8 Å². The molecule has 0 spiro atoms. The molecule has 0 unspecified atom stereocenters. The maximum absolute atomic E-state index is 11.3. The minimum Gasteiger partial charge on any atom is -0.455 e. The van der Waals surface area contributed by atoms with E-state index in [-0.39, 0.29) is 0 Å². The lowest BCUT2D eigenvalue weighted by atomic mass is 10.1. The molecule has 0 amide bonds. The molecule has 2 rings (SSSR count). The second-order valence-electron chi connectivity index (χ2n) is 4.79. The van der Waals surface area contributed by atoms with Crippen LogP contribution in [0.5, 0.6) is 0 Å². The predicted octanol–water partition coefficient (Wildman–Crippen LogP) is -0.456. The number of aliphatic hydroxyl groups excluding tert-OH is 1. The van der Waals surface area contributed by atoms with Crippen molar-refractivity contribution in [3.63, 3.8) is 0 Å². The van der Waals surface area contributed by atoms with Crippen molar-refractivity contribution in [2.45, 2.75) is 38.4 Å². The van der Waals surface area contributed by atoms with E-state index in [4.69, 9.17) is 14.2 Å². The van der Waals surface area contributed by atoms with Crippen molar-refractivity contribution in [2.75, 3.05) is 6.61 Å². The fourth-order valence-corrected chi connectivity index (χ4v) is 2.38. The van der Waals surface area contributed by atoms with Crippen LogP contribution in [0.1, 0.15) is 20.1 Å². The SMILES string of the molecule is CC(=O)O[C@@H]1[C@H](OC(C)=O)[C@@H](CO)O[C@H]1n1ccnc1[N+](=O)[O-]. The van der Waals surface area contributed by atoms with Gasteiger partial charge in [0.1, 0.15) is 18.5 Å². The molecule has 0 radical (unpaired) electrons. The van der Waals surface area contributed by atoms with Crippen LogP contribution in [-0.4, -0.2) is 56.4 Å². The third-order valence-corrected chi connectivity index (χ3v) is 3.16. The van der Waals surface area contributed by atoms with Crippen LogP contribution in [-0.2, 0) is 23.8 Å². The lowest BCUT2D eigenvalue weighted by Crippen LogP contribution is -2.40. The zero-order valence-electron chi connectivity index (χ0n) is 12.3. The molecule has 0 aromatic carbocycles. The Labute approximate surface area is 129 Å². The lowest BCUT2D eigenvalue weighted by molar-refractivity contribution is -0.398. The largest absolute Gasteiger partial charge is 0.455 e. The zero-order chi connectivity index (χ0) is 17.1. The monoisotopic (exact) mass is 329 g/mol. The van der Waals surface area contributed by atoms with Crippen molar-refractivity contribution in [1.29, 1.82) is 0 Å². The highest BCUT2D eigenvalue weighted by Gasteiger charge is 2.52. The van der Waals surface area contributed by atoms with E-state index in [0.717, 1.165) is 18.4 Å². The summed E-state index contributed by atoms with van der Waals surface area (Å²) < 4.78 is 16.7. The van der Waals surface area contributed by atoms with Crippen LogP contribution in [0.4, 0.5) is 5.95 Å². The molecule has 11 nitrogen and oxygen atoms in total. The van der Waals surface area contributed by atoms with Gasteiger partial charge < -0.3 is 29.4 Å². The van der Waals surface area contributed by atoms with Gasteiger partial charge in [-0.2, -0.15) is 4.57 Å². The van der Waals surface area contributed by atoms with Crippen LogP contribution in [0, 0.1) is 10.1 Å². The molecule has 4 atom stereocenters. The number of nitrogens with zero attached hydrogens (tertiary/aromatic N) is 3. The van der Waals surface area contributed by atoms with Crippen molar-refractivity contribution in [2.24, 2.45) is 0 Å². The van der Waals surface area contributed by atoms with Crippen molar-refractivity contribution >= 4 is 17.9 Å². The van der Waals surface area contributed by atoms with Crippen molar-refractivity contribution in [1.82, 2.24) is 9.55 Å². The zero-order valence-corrected chi connectivity index (χ0v) is 12.3. The Morgan fingerprint density at radius 1 is 1.39 bits per heavy atom. The van der Waals surface area contributed by atoms with E-state index in [1.165, 1.54) is 12.4 Å². The summed E-state index contributed by atoms with van der Waals surface area (Å²) in [5, 5.41) is 20.4. The van der Waals surface area contributed by atoms with E-state index < -0.39 is 54.0 Å². The topological polar surface area (TPSA) is 143 Å². The summed E-state index contributed by atoms with van der Waals surface area (Å²) in [6.07, 6.45) is -1.99. The molecule has 1 aliphatic rings. The van der Waals surface area contributed by atoms with Gasteiger partial charge >= 0.3 is 17.9 Å². The van der Waals surface area contributed by atoms with Crippen LogP contribution in [0.25, 0.3) is 0 Å². The Morgan fingerprint density at radius 2 is 2.00 bits per heavy atom. The maximum atomic E-state index is 11.3. The smallest absolute Gasteiger partial charge is 0.436 e. The van der Waals surface area contributed by atoms with Gasteiger partial charge in [0, 0.05) is 13.8 Å². The lowest BCUT2D eigenvalue weighted by Gasteiger charge is -2.22. The maximum Gasteiger partial charge on any atom is 0.436 e. The fourth-order valence-electron chi connectivity index (χ4n) is 2.38. The van der Waals surface area contributed by atoms with Gasteiger partial charge in [0.05, 0.1) is 6.61 Å². The normalized spacial score (nSPS) is 26.7. The minimum absolute atomic E-state index is 0.533. The summed E-state index contributed by atoms with van der Waals surface area (Å²) >= 11 is 0. The molecule has 1 aromatic rings. The van der Waals surface area contributed by atoms with Crippen molar-refractivity contribution in [3.8, 4) is 0 Å². The first kappa shape index (κ1) is 16.8. The minimum atomic E-state index is -1.17. The number of rotatable bonds is 5. The number of imidazole rings is 1. The molecular weight excluding hydrogens is 314 g/mol. The number of nitro groups is 1. The van der Waals surface area contributed by atoms with E-state index in [0.29, 0.717) is 0 Å². The van der Waals surface area contributed by atoms with Crippen molar-refractivity contribution in [3.05, 3.63) is 22.5 Å². The Hall–Kier alpha value is -2.53. The molecule has 0 bridgehead atoms. The van der Waals surface area contributed by atoms with Crippen molar-refractivity contribution < 1.29 is 33.8 Å². The summed E-state index contributed by atoms with van der Waals surface area (Å²) in [6.45, 7) is 1.75. The van der Waals surface area contributed by atoms with E-state index in [2.05, 4.69) is 4.98 Å². The summed E-state index contributed by atoms with van der Waals surface area (Å²) in [7, 11) is 0. The highest BCUT2D eigenvalue weighted by molar-refractivity contribution is 5.67. The Bertz CT molecular complexity index is 615. The van der Waals surface area contributed by atoms with Crippen LogP contribution in [0.2, 0.25) is 0 Å². The summed E-state index contributed by atoms with van der Waals surface area (Å²) in [5.41, 5.74) is 0. The number of hydrogen-bond donors (Lipinski definition) is 1. The number of ether oxygens (including phenoxy) is 3. The molecule has 126 valence electrons. The summed E-state index contributed by atoms with van der Waals surface area (Å²) in [4.78, 5) is 36.4. The molecule has 1 N–H and O–H groups in total. The van der Waals surface area contributed by atoms with Gasteiger partial charge in [-0.05, 0) is 4.92 Å². The van der Waals surface area contributed by atoms with E-state index in [1.54, 1.807) is 0 Å². The number of esters is 2. The number of carbonyl (C=O) groups excluding carboxylic acids is 2. The first-order chi connectivity index (χ1) is 10.8. The second kappa shape index (κ2) is 6.71. The number of hydrogen-bond acceptors (Lipinski definition) is 9. The van der Waals surface area contributed by atoms with Crippen LogP contribution < -0.4 is 0 Å². The molecule has 1 fully saturated rings. The van der Waals surface area contributed by atoms with E-state index >= 15 is 0 Å². The molecular formula is C12H15N3O8. The Kier molecular flexibility index (Phi) is 4.91. The number of aliphatic hydroxyl groups is 1. The molecule has 0 saturated carbocycles. The number of carbonyl (C=O) groups is 2. The van der Waals surface area contributed by atoms with Gasteiger partial charge in [0.2, 0.25) is 6.23 Å². The summed E-state index contributed by atoms with van der Waals surface area (Å²) in [6, 6.07) is 0. The number of aromatic nitrogens is 2. The van der Waals surface area contributed by atoms with E-state index in [1.807, 2.05) is 0 Å². The first-order valence-corrected chi connectivity index (χ1v) is 6.63. The van der Waals surface area contributed by atoms with Gasteiger partial charge in [0.15, 0.2) is 12.2 Å². The van der Waals surface area contributed by atoms with Gasteiger partial charge in [-0.3, -0.25) is 9.59 Å². The highest BCUT2D eigenvalue weighted by atomic mass is 16.7. The average molecular weight is 329 g/mol. The second-order valence-corrected chi connectivity index (χ2v) is 4.79. The quantitative estimate of drug-likeness (QED) is 0.431. The van der Waals surface area contributed by atoms with Gasteiger partial charge in [-0.25, -0.2) is 0 Å². The summed E-state index contributed by atoms with van der Waals surface area (Å²) in [5.74, 6) is -1.90. The highest BCUT2D eigenvalue weighted by Crippen LogP contribution is 2.35. The standard InChI is InChI=1S/C12H15N3O8/c1-6(17)21-9-8(5-16)23-11(10(9)22-7(2)18)14-4-3-13-12(14)15(19)20/h3-4,8-11,16H,5H2,1-2H3/t8-,9-,10-,11-/m1/s1. The molecule has 1 aliphatic heterocycles. The van der Waals surface area contributed by atoms with Gasteiger partial charge in [0.25, 0.3) is 0 Å². The first-order valence-electron chi connectivity index (χ1n) is 6.63. The van der Waals surface area contributed by atoms with Crippen LogP contribution >= 0.6 is 0 Å². The van der Waals surface area contributed by atoms with Gasteiger partial charge in [-0.15, -0.1) is 0 Å². The van der Waals surface area contributed by atoms with Crippen LogP contribution in [0.15, 0.2) is 12.4 Å². The fraction of sp³-hybridized carbons (Fsp3) is 0.583. The van der Waals surface area contributed by atoms with Gasteiger partial charge in [-0.1, -0.05) is 4.98 Å². The Balaban J connectivity index is 2.39. The average Bonchev–Trinajstić information content (AvgIpc) is 3.04.